The Bertz CT molecular complexity index is 1880. The van der Waals surface area contributed by atoms with Crippen molar-refractivity contribution in [2.75, 3.05) is 26.2 Å². The lowest BCUT2D eigenvalue weighted by molar-refractivity contribution is -0.280. The fourth-order valence-electron chi connectivity index (χ4n) is 7.47. The van der Waals surface area contributed by atoms with Crippen LogP contribution in [0.25, 0.3) is 0 Å². The van der Waals surface area contributed by atoms with E-state index in [9.17, 15) is 63.3 Å². The molecule has 2 fully saturated rings. The molecule has 27 heteroatoms. The smallest absolute Gasteiger partial charge is 0.303 e. The first-order valence-electron chi connectivity index (χ1n) is 22.6. The van der Waals surface area contributed by atoms with Crippen LogP contribution >= 0.6 is 12.2 Å². The number of aliphatic hydroxyl groups excluding tert-OH is 3. The number of amides is 9. The van der Waals surface area contributed by atoms with E-state index >= 15 is 0 Å². The molecular weight excluding hydrogens is 933 g/mol. The zero-order chi connectivity index (χ0) is 52.4. The van der Waals surface area contributed by atoms with Gasteiger partial charge in [-0.1, -0.05) is 39.9 Å². The molecule has 0 aliphatic carbocycles. The molecule has 0 radical (unpaired) electrons. The van der Waals surface area contributed by atoms with Crippen molar-refractivity contribution < 1.29 is 77.8 Å². The Morgan fingerprint density at radius 3 is 1.96 bits per heavy atom. The SMILES string of the molecule is CC(=O)N[C@@H](CCC(=O)O)C(=O)N[C@@H](CC(C)C)C(=O)N[C@@H](C)C(=O)N[C@H](C(=O)N[C@H](C(=O)NCC(=O)N1CCC[C@H]1C(=O)NCC(N)=O)C(C)C)[C@@H](C)O[C@H]1O[C@H](CO)[C@H](O)[C@H](O)[C@H]1NC(C)=S. The normalized spacial score (nSPS) is 22.7. The van der Waals surface area contributed by atoms with Gasteiger partial charge in [-0.05, 0) is 58.3 Å². The summed E-state index contributed by atoms with van der Waals surface area (Å²) in [6.07, 6.45) is -7.56. The van der Waals surface area contributed by atoms with Crippen LogP contribution in [0.1, 0.15) is 87.5 Å². The molecule has 0 spiro atoms. The number of nitrogens with two attached hydrogens (primary N) is 1. The minimum Gasteiger partial charge on any atom is -0.481 e. The fourth-order valence-corrected chi connectivity index (χ4v) is 7.61. The molecule has 2 aliphatic heterocycles. The molecule has 0 unspecified atom stereocenters. The van der Waals surface area contributed by atoms with Crippen molar-refractivity contribution >= 4 is 76.3 Å². The fraction of sp³-hybridized carbons (Fsp3) is 0.738. The summed E-state index contributed by atoms with van der Waals surface area (Å²) in [7, 11) is 0. The number of carbonyl (C=O) groups is 10. The Labute approximate surface area is 405 Å². The minimum atomic E-state index is -1.75. The number of carboxylic acid groups (broad SMARTS) is 1. The summed E-state index contributed by atoms with van der Waals surface area (Å²) in [5.74, 6) is -9.28. The van der Waals surface area contributed by atoms with Crippen LogP contribution in [0.4, 0.5) is 0 Å². The summed E-state index contributed by atoms with van der Waals surface area (Å²) in [5.41, 5.74) is 5.12. The van der Waals surface area contributed by atoms with E-state index in [-0.39, 0.29) is 30.3 Å². The average Bonchev–Trinajstić information content (AvgIpc) is 3.76. The van der Waals surface area contributed by atoms with Crippen molar-refractivity contribution in [3.8, 4) is 0 Å². The standard InChI is InChI=1S/C42H70N10O16S/c1-18(2)14-25(49-37(62)24(47-22(7)54)11-12-30(57)58)38(63)46-20(5)36(61)51-32(21(6)67-42-33(48-23(8)69)35(60)34(59)27(17-53)68-42)41(66)50-31(19(3)4)40(65)45-16-29(56)52-13-9-10-26(52)39(64)44-15-28(43)55/h18-21,24-27,31-35,42,53,59-60H,9-17H2,1-8H3,(H2,43,55)(H,44,64)(H,45,65)(H,46,63)(H,47,54)(H,48,69)(H,49,62)(H,50,66)(H,51,61)(H,57,58)/t20-,21+,24-,25-,26-,27+,31-,32-,33+,34-,35+,42-/m0/s1. The molecule has 2 rings (SSSR count). The molecule has 14 N–H and O–H groups in total. The van der Waals surface area contributed by atoms with Crippen LogP contribution in [0, 0.1) is 11.8 Å². The van der Waals surface area contributed by atoms with E-state index in [0.717, 1.165) is 6.92 Å². The number of thiocarbonyl (C=S) groups is 1. The number of ether oxygens (including phenoxy) is 2. The van der Waals surface area contributed by atoms with E-state index < -0.39 is 164 Å². The first-order chi connectivity index (χ1) is 32.2. The molecule has 2 heterocycles. The van der Waals surface area contributed by atoms with Crippen LogP contribution in [-0.2, 0) is 57.4 Å². The van der Waals surface area contributed by atoms with Gasteiger partial charge in [0.25, 0.3) is 0 Å². The van der Waals surface area contributed by atoms with E-state index in [2.05, 4.69) is 42.5 Å². The van der Waals surface area contributed by atoms with Gasteiger partial charge in [-0.15, -0.1) is 0 Å². The molecule has 0 aromatic rings. The third-order valence-corrected chi connectivity index (χ3v) is 11.2. The van der Waals surface area contributed by atoms with Gasteiger partial charge < -0.3 is 83.1 Å². The number of aliphatic carboxylic acids is 1. The van der Waals surface area contributed by atoms with Crippen LogP contribution in [0.5, 0.6) is 0 Å². The van der Waals surface area contributed by atoms with E-state index in [1.807, 2.05) is 0 Å². The number of hydrogen-bond donors (Lipinski definition) is 13. The molecule has 0 saturated carbocycles. The van der Waals surface area contributed by atoms with Crippen molar-refractivity contribution in [2.45, 2.75) is 160 Å². The van der Waals surface area contributed by atoms with Crippen LogP contribution in [0.2, 0.25) is 0 Å². The number of carboxylic acids is 1. The lowest BCUT2D eigenvalue weighted by Crippen LogP contribution is -2.66. The lowest BCUT2D eigenvalue weighted by atomic mass is 9.96. The number of likely N-dealkylation sites (tertiary alicyclic amines) is 1. The van der Waals surface area contributed by atoms with Gasteiger partial charge in [-0.25, -0.2) is 0 Å². The summed E-state index contributed by atoms with van der Waals surface area (Å²) in [6.45, 7) is 10.2. The highest BCUT2D eigenvalue weighted by molar-refractivity contribution is 7.80. The van der Waals surface area contributed by atoms with E-state index in [1.165, 1.54) is 25.7 Å². The Hall–Kier alpha value is -5.61. The van der Waals surface area contributed by atoms with Crippen molar-refractivity contribution in [3.63, 3.8) is 0 Å². The quantitative estimate of drug-likeness (QED) is 0.0361. The number of hydrogen-bond acceptors (Lipinski definition) is 16. The van der Waals surface area contributed by atoms with Crippen molar-refractivity contribution in [1.29, 1.82) is 0 Å². The molecule has 2 saturated heterocycles. The summed E-state index contributed by atoms with van der Waals surface area (Å²) in [6, 6.07) is -9.35. The summed E-state index contributed by atoms with van der Waals surface area (Å²) >= 11 is 5.14. The monoisotopic (exact) mass is 1000 g/mol. The summed E-state index contributed by atoms with van der Waals surface area (Å²) in [5, 5.41) is 60.6. The molecule has 2 aliphatic rings. The molecule has 0 aromatic carbocycles. The number of rotatable bonds is 26. The van der Waals surface area contributed by atoms with Gasteiger partial charge >= 0.3 is 5.97 Å². The van der Waals surface area contributed by atoms with Gasteiger partial charge in [0, 0.05) is 19.9 Å². The Morgan fingerprint density at radius 2 is 1.41 bits per heavy atom. The third-order valence-electron chi connectivity index (χ3n) is 11.1. The summed E-state index contributed by atoms with van der Waals surface area (Å²) < 4.78 is 11.9. The molecule has 69 heavy (non-hydrogen) atoms. The predicted octanol–water partition coefficient (Wildman–Crippen LogP) is -5.12. The van der Waals surface area contributed by atoms with Crippen molar-refractivity contribution in [1.82, 2.24) is 47.4 Å². The minimum absolute atomic E-state index is 0.0376. The topological polar surface area (TPSA) is 396 Å². The predicted molar refractivity (Wildman–Crippen MR) is 246 cm³/mol. The Kier molecular flexibility index (Phi) is 24.3. The van der Waals surface area contributed by atoms with Crippen molar-refractivity contribution in [2.24, 2.45) is 17.6 Å². The van der Waals surface area contributed by atoms with Crippen molar-refractivity contribution in [3.05, 3.63) is 0 Å². The maximum Gasteiger partial charge on any atom is 0.303 e. The highest BCUT2D eigenvalue weighted by Crippen LogP contribution is 2.24. The molecule has 26 nitrogen and oxygen atoms in total. The Morgan fingerprint density at radius 1 is 0.783 bits per heavy atom. The van der Waals surface area contributed by atoms with Gasteiger partial charge in [-0.2, -0.15) is 0 Å². The lowest BCUT2D eigenvalue weighted by Gasteiger charge is -2.44. The first kappa shape index (κ1) is 59.5. The molecule has 9 amide bonds. The van der Waals surface area contributed by atoms with Crippen LogP contribution < -0.4 is 48.3 Å². The second kappa shape index (κ2) is 28.2. The van der Waals surface area contributed by atoms with Gasteiger partial charge in [0.15, 0.2) is 6.29 Å². The highest BCUT2D eigenvalue weighted by Gasteiger charge is 2.47. The molecular formula is C42H70N10O16S. The molecule has 12 atom stereocenters. The first-order valence-corrected chi connectivity index (χ1v) is 23.0. The van der Waals surface area contributed by atoms with Crippen LogP contribution in [0.3, 0.4) is 0 Å². The number of nitrogens with one attached hydrogen (secondary N) is 8. The van der Waals surface area contributed by atoms with Crippen LogP contribution in [-0.4, -0.2) is 189 Å². The van der Waals surface area contributed by atoms with Gasteiger partial charge in [0.1, 0.15) is 60.6 Å². The maximum atomic E-state index is 14.3. The molecule has 0 aromatic heterocycles. The summed E-state index contributed by atoms with van der Waals surface area (Å²) in [4.78, 5) is 130. The molecule has 0 bridgehead atoms. The maximum absolute atomic E-state index is 14.3. The van der Waals surface area contributed by atoms with Gasteiger partial charge in [0.2, 0.25) is 53.2 Å². The van der Waals surface area contributed by atoms with E-state index in [1.54, 1.807) is 27.7 Å². The second-order valence-electron chi connectivity index (χ2n) is 17.7. The van der Waals surface area contributed by atoms with E-state index in [0.29, 0.717) is 12.8 Å². The van der Waals surface area contributed by atoms with Gasteiger partial charge in [0.05, 0.1) is 30.8 Å². The third kappa shape index (κ3) is 19.0. The highest BCUT2D eigenvalue weighted by atomic mass is 32.1. The van der Waals surface area contributed by atoms with Gasteiger partial charge in [-0.3, -0.25) is 47.9 Å². The number of nitrogens with zero attached hydrogens (tertiary/aromatic N) is 1. The largest absolute Gasteiger partial charge is 0.481 e. The zero-order valence-electron chi connectivity index (χ0n) is 40.1. The average molecular weight is 1000 g/mol. The molecule has 390 valence electrons. The Balaban J connectivity index is 2.42. The zero-order valence-corrected chi connectivity index (χ0v) is 40.9. The van der Waals surface area contributed by atoms with Crippen LogP contribution in [0.15, 0.2) is 0 Å². The number of primary amides is 1. The number of aliphatic hydroxyl groups is 3. The number of carbonyl (C=O) groups excluding carboxylic acids is 9. The van der Waals surface area contributed by atoms with E-state index in [4.69, 9.17) is 32.5 Å². The second-order valence-corrected chi connectivity index (χ2v) is 18.4.